The number of rotatable bonds is 5. The second-order valence-corrected chi connectivity index (χ2v) is 6.36. The molecule has 0 atom stereocenters. The maximum atomic E-state index is 13.0. The molecule has 116 valence electrons. The van der Waals surface area contributed by atoms with Gasteiger partial charge in [-0.1, -0.05) is 12.1 Å². The summed E-state index contributed by atoms with van der Waals surface area (Å²) < 4.78 is 27.2. The molecule has 4 nitrogen and oxygen atoms in total. The first-order valence-electron chi connectivity index (χ1n) is 6.70. The Morgan fingerprint density at radius 2 is 2.10 bits per heavy atom. The third-order valence-electron chi connectivity index (χ3n) is 3.50. The number of piperidine rings is 1. The van der Waals surface area contributed by atoms with Gasteiger partial charge in [-0.05, 0) is 55.8 Å². The topological polar surface area (TPSA) is 68.2 Å². The highest BCUT2D eigenvalue weighted by Crippen LogP contribution is 2.31. The number of halogens is 3. The molecule has 0 saturated carbocycles. The summed E-state index contributed by atoms with van der Waals surface area (Å²) in [6, 6.07) is 4.56. The van der Waals surface area contributed by atoms with Crippen molar-refractivity contribution in [1.82, 2.24) is 5.32 Å². The zero-order chi connectivity index (χ0) is 15.5. The van der Waals surface area contributed by atoms with Gasteiger partial charge in [0.05, 0.1) is 22.6 Å². The first-order valence-corrected chi connectivity index (χ1v) is 7.78. The van der Waals surface area contributed by atoms with Crippen molar-refractivity contribution in [1.29, 1.82) is 5.41 Å². The molecule has 1 fully saturated rings. The van der Waals surface area contributed by atoms with Crippen LogP contribution in [0.4, 0.5) is 8.78 Å². The Bertz CT molecular complexity index is 514. The first kappa shape index (κ1) is 16.4. The van der Waals surface area contributed by atoms with E-state index in [0.717, 1.165) is 60.5 Å². The molecule has 0 amide bonds. The van der Waals surface area contributed by atoms with Gasteiger partial charge in [-0.15, -0.1) is 0 Å². The summed E-state index contributed by atoms with van der Waals surface area (Å²) in [5, 5.41) is 21.6. The lowest BCUT2D eigenvalue weighted by atomic mass is 9.90. The second kappa shape index (κ2) is 6.87. The minimum absolute atomic E-state index is 0.139. The predicted molar refractivity (Wildman–Crippen MR) is 82.2 cm³/mol. The van der Waals surface area contributed by atoms with Crippen LogP contribution in [0.1, 0.15) is 24.0 Å². The van der Waals surface area contributed by atoms with Crippen LogP contribution in [-0.2, 0) is 6.42 Å². The highest BCUT2D eigenvalue weighted by atomic mass is 127. The Morgan fingerprint density at radius 3 is 2.67 bits per heavy atom. The molecular formula is C14H16F2IN2O2-. The van der Waals surface area contributed by atoms with Crippen LogP contribution in [0.15, 0.2) is 18.2 Å². The zero-order valence-electron chi connectivity index (χ0n) is 11.3. The van der Waals surface area contributed by atoms with Gasteiger partial charge in [-0.2, -0.15) is 8.78 Å². The fraction of sp³-hybridized carbons (Fsp3) is 0.500. The number of hydrogen-bond donors (Lipinski definition) is 2. The third kappa shape index (κ3) is 5.06. The van der Waals surface area contributed by atoms with Crippen LogP contribution in [0, 0.1) is 11.3 Å². The molecule has 2 N–H and O–H groups in total. The summed E-state index contributed by atoms with van der Waals surface area (Å²) in [5.41, 5.74) is 0.711. The molecule has 7 heteroatoms. The van der Waals surface area contributed by atoms with E-state index in [2.05, 4.69) is 10.1 Å². The number of nitrogens with one attached hydrogen (secondary N) is 2. The molecule has 0 bridgehead atoms. The average Bonchev–Trinajstić information content (AvgIpc) is 2.37. The van der Waals surface area contributed by atoms with Crippen molar-refractivity contribution in [2.24, 2.45) is 5.92 Å². The molecule has 1 aliphatic heterocycles. The fourth-order valence-corrected chi connectivity index (χ4v) is 2.75. The van der Waals surface area contributed by atoms with Crippen molar-refractivity contribution in [3.63, 3.8) is 0 Å². The van der Waals surface area contributed by atoms with Gasteiger partial charge in [0, 0.05) is 5.56 Å². The van der Waals surface area contributed by atoms with Gasteiger partial charge >= 0.3 is 4.12 Å². The van der Waals surface area contributed by atoms with E-state index in [9.17, 15) is 13.9 Å². The molecule has 0 radical (unpaired) electrons. The van der Waals surface area contributed by atoms with Gasteiger partial charge in [0.15, 0.2) is 0 Å². The first-order chi connectivity index (χ1) is 9.85. The van der Waals surface area contributed by atoms with E-state index in [4.69, 9.17) is 5.41 Å². The van der Waals surface area contributed by atoms with Crippen LogP contribution in [0.3, 0.4) is 0 Å². The van der Waals surface area contributed by atoms with Crippen LogP contribution >= 0.6 is 22.6 Å². The molecule has 1 heterocycles. The number of ether oxygens (including phenoxy) is 1. The molecule has 2 rings (SSSR count). The molecule has 1 aromatic rings. The summed E-state index contributed by atoms with van der Waals surface area (Å²) in [6.45, 7) is 1.92. The Balaban J connectivity index is 2.19. The monoisotopic (exact) mass is 409 g/mol. The lowest BCUT2D eigenvalue weighted by molar-refractivity contribution is -0.214. The van der Waals surface area contributed by atoms with Crippen molar-refractivity contribution in [2.45, 2.75) is 23.4 Å². The van der Waals surface area contributed by atoms with Gasteiger partial charge in [-0.25, -0.2) is 0 Å². The molecule has 1 saturated heterocycles. The SMILES string of the molecule is N=C([O-])c1ccc(CC2CCNCC2)cc1OC(F)(F)I. The van der Waals surface area contributed by atoms with E-state index in [1.54, 1.807) is 6.07 Å². The van der Waals surface area contributed by atoms with Gasteiger partial charge < -0.3 is 20.6 Å². The van der Waals surface area contributed by atoms with Crippen molar-refractivity contribution >= 4 is 28.5 Å². The molecule has 1 aromatic carbocycles. The normalized spacial score (nSPS) is 16.7. The van der Waals surface area contributed by atoms with E-state index in [-0.39, 0.29) is 11.3 Å². The highest BCUT2D eigenvalue weighted by Gasteiger charge is 2.27. The maximum Gasteiger partial charge on any atom is 0.451 e. The standard InChI is InChI=1S/C14H17F2IN2O2/c15-14(16,17)21-12-8-10(1-2-11(12)13(18)20)7-9-3-5-19-6-4-9/h1-2,8-9,19H,3-7H2,(H2,18,20)/p-1. The highest BCUT2D eigenvalue weighted by molar-refractivity contribution is 14.1. The van der Waals surface area contributed by atoms with Gasteiger partial charge in [-0.3, -0.25) is 0 Å². The predicted octanol–water partition coefficient (Wildman–Crippen LogP) is 2.28. The summed E-state index contributed by atoms with van der Waals surface area (Å²) >= 11 is 0.851. The molecular weight excluding hydrogens is 393 g/mol. The van der Waals surface area contributed by atoms with Crippen LogP contribution in [0.2, 0.25) is 0 Å². The smallest absolute Gasteiger partial charge is 0.451 e. The van der Waals surface area contributed by atoms with E-state index in [0.29, 0.717) is 5.92 Å². The van der Waals surface area contributed by atoms with Gasteiger partial charge in [0.25, 0.3) is 0 Å². The van der Waals surface area contributed by atoms with Crippen molar-refractivity contribution < 1.29 is 18.6 Å². The minimum atomic E-state index is -3.41. The largest absolute Gasteiger partial charge is 0.859 e. The number of alkyl halides is 3. The van der Waals surface area contributed by atoms with Crippen molar-refractivity contribution in [2.75, 3.05) is 13.1 Å². The van der Waals surface area contributed by atoms with Crippen molar-refractivity contribution in [3.05, 3.63) is 29.3 Å². The molecule has 0 unspecified atom stereocenters. The van der Waals surface area contributed by atoms with E-state index in [1.807, 2.05) is 0 Å². The third-order valence-corrected chi connectivity index (χ3v) is 3.72. The zero-order valence-corrected chi connectivity index (χ0v) is 13.5. The van der Waals surface area contributed by atoms with E-state index < -0.39 is 10.0 Å². The Kier molecular flexibility index (Phi) is 5.37. The number of hydrogen-bond acceptors (Lipinski definition) is 4. The van der Waals surface area contributed by atoms with E-state index >= 15 is 0 Å². The second-order valence-electron chi connectivity index (χ2n) is 5.10. The maximum absolute atomic E-state index is 13.0. The fourth-order valence-electron chi connectivity index (χ4n) is 2.51. The minimum Gasteiger partial charge on any atom is -0.859 e. The van der Waals surface area contributed by atoms with Crippen molar-refractivity contribution in [3.8, 4) is 5.75 Å². The summed E-state index contributed by atoms with van der Waals surface area (Å²) in [6.07, 6.45) is 2.84. The van der Waals surface area contributed by atoms with Crippen LogP contribution in [-0.4, -0.2) is 23.1 Å². The lowest BCUT2D eigenvalue weighted by Crippen LogP contribution is -2.28. The summed E-state index contributed by atoms with van der Waals surface area (Å²) in [7, 11) is 0. The average molecular weight is 409 g/mol. The molecule has 1 aliphatic rings. The molecule has 21 heavy (non-hydrogen) atoms. The summed E-state index contributed by atoms with van der Waals surface area (Å²) in [4.78, 5) is 0. The summed E-state index contributed by atoms with van der Waals surface area (Å²) in [5.74, 6) is -0.753. The molecule has 0 aromatic heterocycles. The van der Waals surface area contributed by atoms with Gasteiger partial charge in [0.1, 0.15) is 5.75 Å². The van der Waals surface area contributed by atoms with Crippen LogP contribution in [0.5, 0.6) is 5.75 Å². The molecule has 0 spiro atoms. The molecule has 0 aliphatic carbocycles. The van der Waals surface area contributed by atoms with Crippen LogP contribution < -0.4 is 15.2 Å². The Hall–Kier alpha value is -0.960. The van der Waals surface area contributed by atoms with E-state index in [1.165, 1.54) is 12.1 Å². The number of benzene rings is 1. The van der Waals surface area contributed by atoms with Gasteiger partial charge in [0.2, 0.25) is 0 Å². The quantitative estimate of drug-likeness (QED) is 0.340. The van der Waals surface area contributed by atoms with Crippen LogP contribution in [0.25, 0.3) is 0 Å². The lowest BCUT2D eigenvalue weighted by Gasteiger charge is -2.23. The Labute approximate surface area is 135 Å². The Morgan fingerprint density at radius 1 is 1.43 bits per heavy atom.